The maximum Gasteiger partial charge on any atom is 0.270 e. The zero-order chi connectivity index (χ0) is 18.1. The highest BCUT2D eigenvalue weighted by atomic mass is 16.3. The molecule has 1 fully saturated rings. The minimum atomic E-state index is -0.0303. The Bertz CT molecular complexity index is 797. The Balaban J connectivity index is 1.71. The van der Waals surface area contributed by atoms with E-state index in [0.717, 1.165) is 24.1 Å². The Morgan fingerprint density at radius 3 is 2.24 bits per heavy atom. The lowest BCUT2D eigenvalue weighted by molar-refractivity contribution is 0.0707. The second kappa shape index (κ2) is 6.75. The molecule has 0 unspecified atom stereocenters. The molecule has 1 aliphatic rings. The van der Waals surface area contributed by atoms with Crippen molar-refractivity contribution in [2.75, 3.05) is 13.1 Å². The van der Waals surface area contributed by atoms with Gasteiger partial charge in [-0.15, -0.1) is 0 Å². The highest BCUT2D eigenvalue weighted by Crippen LogP contribution is 2.30. The van der Waals surface area contributed by atoms with E-state index < -0.39 is 0 Å². The number of nitrogens with one attached hydrogen (secondary N) is 1. The third-order valence-electron chi connectivity index (χ3n) is 5.15. The number of rotatable bonds is 3. The van der Waals surface area contributed by atoms with Crippen LogP contribution in [-0.2, 0) is 0 Å². The van der Waals surface area contributed by atoms with Gasteiger partial charge in [0.15, 0.2) is 5.78 Å². The summed E-state index contributed by atoms with van der Waals surface area (Å²) in [6, 6.07) is 7.33. The van der Waals surface area contributed by atoms with Gasteiger partial charge < -0.3 is 15.0 Å². The lowest BCUT2D eigenvalue weighted by atomic mass is 9.89. The quantitative estimate of drug-likeness (QED) is 0.839. The molecule has 1 aliphatic heterocycles. The molecular formula is C20H24N2O3. The van der Waals surface area contributed by atoms with Crippen molar-refractivity contribution in [1.29, 1.82) is 0 Å². The van der Waals surface area contributed by atoms with Crippen LogP contribution in [0.15, 0.2) is 24.3 Å². The summed E-state index contributed by atoms with van der Waals surface area (Å²) in [5.41, 5.74) is 3.87. The van der Waals surface area contributed by atoms with Crippen LogP contribution in [0.1, 0.15) is 63.4 Å². The number of carbonyl (C=O) groups excluding carboxylic acids is 2. The van der Waals surface area contributed by atoms with E-state index >= 15 is 0 Å². The van der Waals surface area contributed by atoms with E-state index in [1.807, 2.05) is 30.9 Å². The molecule has 1 saturated heterocycles. The number of nitrogens with zero attached hydrogens (tertiary/aromatic N) is 1. The number of amides is 1. The standard InChI is InChI=1S/C20H24N2O3/c1-12-18(14(3)23)13(2)21-19(12)20(25)22-10-8-16(9-11-22)15-4-6-17(24)7-5-15/h4-7,16,21,24H,8-11H2,1-3H3. The van der Waals surface area contributed by atoms with Gasteiger partial charge in [-0.2, -0.15) is 0 Å². The Kier molecular flexibility index (Phi) is 4.66. The molecule has 0 atom stereocenters. The van der Waals surface area contributed by atoms with Crippen LogP contribution < -0.4 is 0 Å². The number of ketones is 1. The number of phenolic OH excluding ortho intramolecular Hbond substituents is 1. The lowest BCUT2D eigenvalue weighted by Crippen LogP contribution is -2.38. The summed E-state index contributed by atoms with van der Waals surface area (Å²) < 4.78 is 0. The number of Topliss-reactive ketones (excluding diaryl/α,β-unsaturated/α-hetero) is 1. The van der Waals surface area contributed by atoms with Crippen molar-refractivity contribution in [1.82, 2.24) is 9.88 Å². The van der Waals surface area contributed by atoms with Crippen molar-refractivity contribution in [3.63, 3.8) is 0 Å². The average molecular weight is 340 g/mol. The first-order valence-electron chi connectivity index (χ1n) is 8.66. The first kappa shape index (κ1) is 17.3. The molecule has 5 heteroatoms. The number of hydrogen-bond donors (Lipinski definition) is 2. The minimum Gasteiger partial charge on any atom is -0.508 e. The zero-order valence-electron chi connectivity index (χ0n) is 14.9. The molecule has 3 rings (SSSR count). The molecule has 0 aliphatic carbocycles. The number of likely N-dealkylation sites (tertiary alicyclic amines) is 1. The Morgan fingerprint density at radius 1 is 1.12 bits per heavy atom. The van der Waals surface area contributed by atoms with Gasteiger partial charge >= 0.3 is 0 Å². The molecule has 2 aromatic rings. The number of H-pyrrole nitrogens is 1. The normalized spacial score (nSPS) is 15.4. The zero-order valence-corrected chi connectivity index (χ0v) is 14.9. The number of aromatic nitrogens is 1. The SMILES string of the molecule is CC(=O)c1c(C)[nH]c(C(=O)N2CCC(c3ccc(O)cc3)CC2)c1C. The topological polar surface area (TPSA) is 73.4 Å². The fraction of sp³-hybridized carbons (Fsp3) is 0.400. The molecule has 1 amide bonds. The Hall–Kier alpha value is -2.56. The summed E-state index contributed by atoms with van der Waals surface area (Å²) in [6.07, 6.45) is 1.80. The maximum absolute atomic E-state index is 12.8. The van der Waals surface area contributed by atoms with E-state index in [2.05, 4.69) is 4.98 Å². The Morgan fingerprint density at radius 2 is 1.72 bits per heavy atom. The summed E-state index contributed by atoms with van der Waals surface area (Å²) in [4.78, 5) is 29.6. The van der Waals surface area contributed by atoms with Gasteiger partial charge in [-0.25, -0.2) is 0 Å². The lowest BCUT2D eigenvalue weighted by Gasteiger charge is -2.32. The summed E-state index contributed by atoms with van der Waals surface area (Å²) in [7, 11) is 0. The average Bonchev–Trinajstić information content (AvgIpc) is 2.89. The highest BCUT2D eigenvalue weighted by Gasteiger charge is 2.28. The Labute approximate surface area is 147 Å². The van der Waals surface area contributed by atoms with Gasteiger partial charge in [0.2, 0.25) is 0 Å². The van der Waals surface area contributed by atoms with Gasteiger partial charge in [0.25, 0.3) is 5.91 Å². The minimum absolute atomic E-state index is 0.0173. The maximum atomic E-state index is 12.8. The number of aromatic hydroxyl groups is 1. The molecule has 1 aromatic carbocycles. The number of benzene rings is 1. The molecule has 25 heavy (non-hydrogen) atoms. The fourth-order valence-corrected chi connectivity index (χ4v) is 3.81. The summed E-state index contributed by atoms with van der Waals surface area (Å²) in [5, 5.41) is 9.40. The van der Waals surface area contributed by atoms with Crippen LogP contribution in [0.2, 0.25) is 0 Å². The second-order valence-corrected chi connectivity index (χ2v) is 6.84. The molecule has 0 saturated carbocycles. The first-order valence-corrected chi connectivity index (χ1v) is 8.66. The van der Waals surface area contributed by atoms with Crippen LogP contribution in [0.3, 0.4) is 0 Å². The summed E-state index contributed by atoms with van der Waals surface area (Å²) in [6.45, 7) is 6.57. The largest absolute Gasteiger partial charge is 0.508 e. The van der Waals surface area contributed by atoms with Crippen LogP contribution in [0, 0.1) is 13.8 Å². The van der Waals surface area contributed by atoms with E-state index in [1.165, 1.54) is 12.5 Å². The van der Waals surface area contributed by atoms with Crippen molar-refractivity contribution in [3.05, 3.63) is 52.3 Å². The molecule has 1 aromatic heterocycles. The van der Waals surface area contributed by atoms with Gasteiger partial charge in [0.1, 0.15) is 11.4 Å². The van der Waals surface area contributed by atoms with Crippen LogP contribution in [0.4, 0.5) is 0 Å². The molecule has 2 N–H and O–H groups in total. The van der Waals surface area contributed by atoms with Gasteiger partial charge in [0, 0.05) is 24.3 Å². The third-order valence-corrected chi connectivity index (χ3v) is 5.15. The highest BCUT2D eigenvalue weighted by molar-refractivity contribution is 6.02. The number of aromatic amines is 1. The molecule has 0 spiro atoms. The van der Waals surface area contributed by atoms with Crippen molar-refractivity contribution < 1.29 is 14.7 Å². The van der Waals surface area contributed by atoms with E-state index in [4.69, 9.17) is 0 Å². The molecule has 5 nitrogen and oxygen atoms in total. The summed E-state index contributed by atoms with van der Waals surface area (Å²) >= 11 is 0. The number of hydrogen-bond acceptors (Lipinski definition) is 3. The van der Waals surface area contributed by atoms with E-state index in [0.29, 0.717) is 30.3 Å². The molecular weight excluding hydrogens is 316 g/mol. The van der Waals surface area contributed by atoms with Crippen molar-refractivity contribution in [2.45, 2.75) is 39.5 Å². The number of piperidine rings is 1. The van der Waals surface area contributed by atoms with Crippen molar-refractivity contribution in [2.24, 2.45) is 0 Å². The van der Waals surface area contributed by atoms with Crippen LogP contribution in [-0.4, -0.2) is 39.8 Å². The smallest absolute Gasteiger partial charge is 0.270 e. The van der Waals surface area contributed by atoms with Gasteiger partial charge in [-0.05, 0) is 62.8 Å². The number of aryl methyl sites for hydroxylation is 1. The third kappa shape index (κ3) is 3.31. The molecule has 132 valence electrons. The first-order chi connectivity index (χ1) is 11.9. The summed E-state index contributed by atoms with van der Waals surface area (Å²) in [5.74, 6) is 0.632. The second-order valence-electron chi connectivity index (χ2n) is 6.84. The fourth-order valence-electron chi connectivity index (χ4n) is 3.81. The van der Waals surface area contributed by atoms with Crippen molar-refractivity contribution in [3.8, 4) is 5.75 Å². The predicted molar refractivity (Wildman–Crippen MR) is 96.3 cm³/mol. The predicted octanol–water partition coefficient (Wildman–Crippen LogP) is 3.56. The monoisotopic (exact) mass is 340 g/mol. The number of phenols is 1. The van der Waals surface area contributed by atoms with Crippen molar-refractivity contribution >= 4 is 11.7 Å². The van der Waals surface area contributed by atoms with Crippen LogP contribution >= 0.6 is 0 Å². The van der Waals surface area contributed by atoms with E-state index in [-0.39, 0.29) is 17.4 Å². The van der Waals surface area contributed by atoms with Crippen LogP contribution in [0.5, 0.6) is 5.75 Å². The number of carbonyl (C=O) groups is 2. The van der Waals surface area contributed by atoms with E-state index in [1.54, 1.807) is 12.1 Å². The molecule has 0 bridgehead atoms. The van der Waals surface area contributed by atoms with Gasteiger partial charge in [-0.3, -0.25) is 9.59 Å². The van der Waals surface area contributed by atoms with Crippen LogP contribution in [0.25, 0.3) is 0 Å². The van der Waals surface area contributed by atoms with E-state index in [9.17, 15) is 14.7 Å². The molecule has 0 radical (unpaired) electrons. The van der Waals surface area contributed by atoms with Gasteiger partial charge in [0.05, 0.1) is 0 Å². The van der Waals surface area contributed by atoms with Gasteiger partial charge in [-0.1, -0.05) is 12.1 Å². The molecule has 2 heterocycles.